The summed E-state index contributed by atoms with van der Waals surface area (Å²) in [5.41, 5.74) is 0. The highest BCUT2D eigenvalue weighted by Gasteiger charge is 2.52. The monoisotopic (exact) mass is 532 g/mol. The number of likely N-dealkylation sites (N-methyl/N-ethyl adjacent to an activating group) is 1. The van der Waals surface area contributed by atoms with Crippen LogP contribution in [-0.2, 0) is 47.6 Å². The highest BCUT2D eigenvalue weighted by atomic mass is 16.7. The van der Waals surface area contributed by atoms with Gasteiger partial charge in [-0.2, -0.15) is 0 Å². The molecule has 0 saturated carbocycles. The van der Waals surface area contributed by atoms with Crippen LogP contribution in [0.2, 0.25) is 0 Å². The number of carbonyl (C=O) groups excluding carboxylic acids is 4. The van der Waals surface area contributed by atoms with Gasteiger partial charge < -0.3 is 32.9 Å². The Morgan fingerprint density at radius 3 is 1.81 bits per heavy atom. The first-order valence-corrected chi connectivity index (χ1v) is 13.1. The van der Waals surface area contributed by atoms with Crippen molar-refractivity contribution >= 4 is 23.9 Å². The Labute approximate surface area is 220 Å². The summed E-state index contributed by atoms with van der Waals surface area (Å²) in [5, 5.41) is 0. The van der Waals surface area contributed by atoms with E-state index in [0.717, 1.165) is 17.4 Å². The summed E-state index contributed by atoms with van der Waals surface area (Å²) >= 11 is 0. The fraction of sp³-hybridized carbons (Fsp3) is 0.846. The molecule has 0 aromatic heterocycles. The number of ether oxygens (including phenoxy) is 6. The van der Waals surface area contributed by atoms with Crippen LogP contribution in [0.4, 0.5) is 0 Å². The van der Waals surface area contributed by atoms with Crippen molar-refractivity contribution in [1.82, 2.24) is 0 Å². The van der Waals surface area contributed by atoms with Gasteiger partial charge in [-0.05, 0) is 12.8 Å². The van der Waals surface area contributed by atoms with Crippen LogP contribution < -0.4 is 0 Å². The van der Waals surface area contributed by atoms with E-state index < -0.39 is 54.6 Å². The van der Waals surface area contributed by atoms with Gasteiger partial charge in [0.25, 0.3) is 0 Å². The van der Waals surface area contributed by atoms with Gasteiger partial charge in [0, 0.05) is 27.7 Å². The lowest BCUT2D eigenvalue weighted by Crippen LogP contribution is -2.63. The molecule has 1 aliphatic heterocycles. The first-order valence-electron chi connectivity index (χ1n) is 13.1. The van der Waals surface area contributed by atoms with Crippen LogP contribution in [-0.4, -0.2) is 99.5 Å². The highest BCUT2D eigenvalue weighted by molar-refractivity contribution is 5.68. The van der Waals surface area contributed by atoms with Crippen molar-refractivity contribution in [2.45, 2.75) is 104 Å². The normalized spacial score (nSPS) is 23.7. The number of nitrogens with zero attached hydrogens (tertiary/aromatic N) is 1. The molecular formula is C26H46NO10+. The molecule has 0 aliphatic carbocycles. The molecule has 0 amide bonds. The van der Waals surface area contributed by atoms with E-state index in [1.165, 1.54) is 59.8 Å². The fourth-order valence-electron chi connectivity index (χ4n) is 4.17. The van der Waals surface area contributed by atoms with Gasteiger partial charge >= 0.3 is 23.9 Å². The molecule has 11 heteroatoms. The maximum Gasteiger partial charge on any atom is 0.303 e. The van der Waals surface area contributed by atoms with Crippen molar-refractivity contribution in [3.8, 4) is 0 Å². The smallest absolute Gasteiger partial charge is 0.303 e. The van der Waals surface area contributed by atoms with Crippen molar-refractivity contribution in [2.75, 3.05) is 40.4 Å². The van der Waals surface area contributed by atoms with Gasteiger partial charge in [0.05, 0.1) is 27.2 Å². The SMILES string of the molecule is CCCCCCCC[N+](C)(C)CCO[C@@H]1O[C@H](COC(C)=O)[C@@H](OC(C)=O)[C@H](OC(C)=O)[C@H]1OC(C)=O. The molecule has 11 nitrogen and oxygen atoms in total. The number of hydrogen-bond acceptors (Lipinski definition) is 10. The van der Waals surface area contributed by atoms with Gasteiger partial charge in [-0.25, -0.2) is 0 Å². The van der Waals surface area contributed by atoms with Gasteiger partial charge in [0.2, 0.25) is 0 Å². The summed E-state index contributed by atoms with van der Waals surface area (Å²) in [6, 6.07) is 0. The third-order valence-corrected chi connectivity index (χ3v) is 6.04. The summed E-state index contributed by atoms with van der Waals surface area (Å²) in [5.74, 6) is -2.57. The van der Waals surface area contributed by atoms with Crippen LogP contribution in [0.1, 0.15) is 73.1 Å². The van der Waals surface area contributed by atoms with Crippen molar-refractivity contribution in [2.24, 2.45) is 0 Å². The van der Waals surface area contributed by atoms with Gasteiger partial charge in [0.1, 0.15) is 19.3 Å². The molecule has 1 saturated heterocycles. The molecule has 214 valence electrons. The first-order chi connectivity index (χ1) is 17.4. The van der Waals surface area contributed by atoms with Crippen molar-refractivity contribution in [3.05, 3.63) is 0 Å². The van der Waals surface area contributed by atoms with Crippen LogP contribution in [0.25, 0.3) is 0 Å². The van der Waals surface area contributed by atoms with Crippen LogP contribution in [0.15, 0.2) is 0 Å². The second-order valence-corrected chi connectivity index (χ2v) is 10.1. The molecule has 0 radical (unpaired) electrons. The van der Waals surface area contributed by atoms with Crippen LogP contribution in [0, 0.1) is 0 Å². The zero-order chi connectivity index (χ0) is 28.0. The van der Waals surface area contributed by atoms with E-state index in [1.807, 2.05) is 0 Å². The number of unbranched alkanes of at least 4 members (excludes halogenated alkanes) is 5. The van der Waals surface area contributed by atoms with E-state index >= 15 is 0 Å². The summed E-state index contributed by atoms with van der Waals surface area (Å²) < 4.78 is 34.0. The maximum absolute atomic E-state index is 11.9. The average Bonchev–Trinajstić information content (AvgIpc) is 2.77. The molecule has 0 aromatic rings. The third-order valence-electron chi connectivity index (χ3n) is 6.04. The summed E-state index contributed by atoms with van der Waals surface area (Å²) in [6.07, 6.45) is 1.49. The molecule has 1 rings (SSSR count). The van der Waals surface area contributed by atoms with E-state index in [0.29, 0.717) is 6.54 Å². The zero-order valence-corrected chi connectivity index (χ0v) is 23.5. The molecule has 0 spiro atoms. The Bertz CT molecular complexity index is 741. The molecule has 0 bridgehead atoms. The van der Waals surface area contributed by atoms with E-state index in [1.54, 1.807) is 0 Å². The molecule has 0 aromatic carbocycles. The minimum absolute atomic E-state index is 0.260. The molecule has 0 N–H and O–H groups in total. The minimum atomic E-state index is -1.23. The lowest BCUT2D eigenvalue weighted by atomic mass is 9.98. The van der Waals surface area contributed by atoms with E-state index in [2.05, 4.69) is 21.0 Å². The Morgan fingerprint density at radius 1 is 0.703 bits per heavy atom. The Morgan fingerprint density at radius 2 is 1.24 bits per heavy atom. The third kappa shape index (κ3) is 13.2. The molecule has 1 heterocycles. The zero-order valence-electron chi connectivity index (χ0n) is 23.5. The quantitative estimate of drug-likeness (QED) is 0.127. The second-order valence-electron chi connectivity index (χ2n) is 10.1. The topological polar surface area (TPSA) is 124 Å². The predicted molar refractivity (Wildman–Crippen MR) is 133 cm³/mol. The minimum Gasteiger partial charge on any atom is -0.463 e. The summed E-state index contributed by atoms with van der Waals surface area (Å²) in [7, 11) is 4.23. The maximum atomic E-state index is 11.9. The summed E-state index contributed by atoms with van der Waals surface area (Å²) in [4.78, 5) is 47.1. The van der Waals surface area contributed by atoms with E-state index in [9.17, 15) is 19.2 Å². The molecule has 5 atom stereocenters. The number of quaternary nitrogens is 1. The van der Waals surface area contributed by atoms with Gasteiger partial charge in [-0.1, -0.05) is 32.6 Å². The van der Waals surface area contributed by atoms with Gasteiger partial charge in [-0.15, -0.1) is 0 Å². The van der Waals surface area contributed by atoms with Crippen molar-refractivity contribution in [1.29, 1.82) is 0 Å². The highest BCUT2D eigenvalue weighted by Crippen LogP contribution is 2.30. The number of esters is 4. The van der Waals surface area contributed by atoms with Gasteiger partial charge in [-0.3, -0.25) is 19.2 Å². The van der Waals surface area contributed by atoms with Crippen LogP contribution >= 0.6 is 0 Å². The number of carbonyl (C=O) groups is 4. The second kappa shape index (κ2) is 16.6. The van der Waals surface area contributed by atoms with Crippen molar-refractivity contribution < 1.29 is 52.1 Å². The Balaban J connectivity index is 2.97. The molecule has 0 unspecified atom stereocenters. The molecule has 1 fully saturated rings. The lowest BCUT2D eigenvalue weighted by Gasteiger charge is -2.44. The molecule has 1 aliphatic rings. The Hall–Kier alpha value is -2.24. The summed E-state index contributed by atoms with van der Waals surface area (Å²) in [6.45, 7) is 8.61. The average molecular weight is 533 g/mol. The van der Waals surface area contributed by atoms with Crippen molar-refractivity contribution in [3.63, 3.8) is 0 Å². The predicted octanol–water partition coefficient (Wildman–Crippen LogP) is 2.52. The lowest BCUT2D eigenvalue weighted by molar-refractivity contribution is -0.891. The molecule has 37 heavy (non-hydrogen) atoms. The fourth-order valence-corrected chi connectivity index (χ4v) is 4.17. The standard InChI is InChI=1S/C26H46NO10/c1-8-9-10-11-12-13-14-27(6,7)15-16-32-26-25(36-21(5)31)24(35-20(4)30)23(34-19(3)29)22(37-26)17-33-18(2)28/h22-26H,8-17H2,1-7H3/q+1/t22-,23-,24+,25-,26-/m1/s1. The van der Waals surface area contributed by atoms with Crippen LogP contribution in [0.3, 0.4) is 0 Å². The number of hydrogen-bond donors (Lipinski definition) is 0. The Kier molecular flexibility index (Phi) is 14.7. The van der Waals surface area contributed by atoms with E-state index in [-0.39, 0.29) is 13.2 Å². The number of rotatable bonds is 16. The first kappa shape index (κ1) is 32.8. The van der Waals surface area contributed by atoms with E-state index in [4.69, 9.17) is 28.4 Å². The van der Waals surface area contributed by atoms with Gasteiger partial charge in [0.15, 0.2) is 24.6 Å². The van der Waals surface area contributed by atoms with Crippen LogP contribution in [0.5, 0.6) is 0 Å². The molecular weight excluding hydrogens is 486 g/mol. The largest absolute Gasteiger partial charge is 0.463 e.